The Hall–Kier alpha value is -2.32. The maximum Gasteiger partial charge on any atom is 0.137 e. The van der Waals surface area contributed by atoms with E-state index >= 15 is 0 Å². The fourth-order valence-corrected chi connectivity index (χ4v) is 2.78. The van der Waals surface area contributed by atoms with Gasteiger partial charge in [-0.15, -0.1) is 0 Å². The van der Waals surface area contributed by atoms with Gasteiger partial charge in [0.1, 0.15) is 11.5 Å². The molecule has 0 aliphatic rings. The van der Waals surface area contributed by atoms with Gasteiger partial charge in [0, 0.05) is 11.1 Å². The van der Waals surface area contributed by atoms with Gasteiger partial charge >= 0.3 is 0 Å². The lowest BCUT2D eigenvalue weighted by Crippen LogP contribution is -2.13. The molecule has 0 N–H and O–H groups in total. The molecule has 3 rings (SSSR count). The third kappa shape index (κ3) is 3.91. The minimum atomic E-state index is 0.948. The minimum Gasteiger partial charge on any atom is -0.456 e. The number of hydrogen-bond donors (Lipinski definition) is 0. The Balaban J connectivity index is 1.93. The van der Waals surface area contributed by atoms with E-state index in [1.54, 1.807) is 0 Å². The van der Waals surface area contributed by atoms with E-state index in [0.717, 1.165) is 42.0 Å². The molecule has 2 heteroatoms. The van der Waals surface area contributed by atoms with E-state index in [4.69, 9.17) is 4.42 Å². The van der Waals surface area contributed by atoms with Crippen LogP contribution in [0.15, 0.2) is 71.1 Å². The van der Waals surface area contributed by atoms with Crippen molar-refractivity contribution in [3.63, 3.8) is 0 Å². The average molecular weight is 305 g/mol. The van der Waals surface area contributed by atoms with E-state index in [1.807, 2.05) is 24.3 Å². The van der Waals surface area contributed by atoms with Crippen LogP contribution in [-0.2, 0) is 6.42 Å². The topological polar surface area (TPSA) is 16.4 Å². The van der Waals surface area contributed by atoms with Gasteiger partial charge in [0.05, 0.1) is 0 Å². The molecule has 3 aromatic rings. The first kappa shape index (κ1) is 15.6. The van der Waals surface area contributed by atoms with Crippen LogP contribution >= 0.6 is 0 Å². The van der Waals surface area contributed by atoms with Crippen molar-refractivity contribution in [2.75, 3.05) is 20.6 Å². The fraction of sp³-hybridized carbons (Fsp3) is 0.238. The van der Waals surface area contributed by atoms with Crippen molar-refractivity contribution >= 4 is 0 Å². The van der Waals surface area contributed by atoms with E-state index in [2.05, 4.69) is 61.5 Å². The van der Waals surface area contributed by atoms with Crippen LogP contribution in [0.25, 0.3) is 22.6 Å². The summed E-state index contributed by atoms with van der Waals surface area (Å²) in [5.74, 6) is 1.95. The Labute approximate surface area is 138 Å². The molecule has 0 atom stereocenters. The van der Waals surface area contributed by atoms with Crippen LogP contribution in [-0.4, -0.2) is 25.5 Å². The van der Waals surface area contributed by atoms with Gasteiger partial charge in [0.15, 0.2) is 0 Å². The molecule has 0 saturated carbocycles. The van der Waals surface area contributed by atoms with Crippen LogP contribution in [0.4, 0.5) is 0 Å². The van der Waals surface area contributed by atoms with Gasteiger partial charge in [-0.1, -0.05) is 60.7 Å². The van der Waals surface area contributed by atoms with Crippen molar-refractivity contribution in [1.82, 2.24) is 4.90 Å². The van der Waals surface area contributed by atoms with Crippen molar-refractivity contribution in [2.45, 2.75) is 12.8 Å². The molecule has 0 unspecified atom stereocenters. The van der Waals surface area contributed by atoms with Crippen LogP contribution in [0, 0.1) is 0 Å². The van der Waals surface area contributed by atoms with Gasteiger partial charge in [-0.25, -0.2) is 0 Å². The smallest absolute Gasteiger partial charge is 0.137 e. The monoisotopic (exact) mass is 305 g/mol. The van der Waals surface area contributed by atoms with Crippen molar-refractivity contribution in [2.24, 2.45) is 0 Å². The zero-order valence-corrected chi connectivity index (χ0v) is 13.8. The summed E-state index contributed by atoms with van der Waals surface area (Å²) in [6, 6.07) is 22.9. The molecule has 0 bridgehead atoms. The Morgan fingerprint density at radius 3 is 2.04 bits per heavy atom. The molecule has 23 heavy (non-hydrogen) atoms. The van der Waals surface area contributed by atoms with Gasteiger partial charge in [-0.05, 0) is 45.1 Å². The van der Waals surface area contributed by atoms with Crippen molar-refractivity contribution in [1.29, 1.82) is 0 Å². The highest BCUT2D eigenvalue weighted by Gasteiger charge is 2.14. The summed E-state index contributed by atoms with van der Waals surface area (Å²) in [5, 5.41) is 0. The Bertz CT molecular complexity index is 729. The third-order valence-corrected chi connectivity index (χ3v) is 3.95. The largest absolute Gasteiger partial charge is 0.456 e. The highest BCUT2D eigenvalue weighted by atomic mass is 16.3. The Morgan fingerprint density at radius 1 is 0.826 bits per heavy atom. The Kier molecular flexibility index (Phi) is 4.94. The Morgan fingerprint density at radius 2 is 1.43 bits per heavy atom. The van der Waals surface area contributed by atoms with Crippen LogP contribution in [0.3, 0.4) is 0 Å². The lowest BCUT2D eigenvalue weighted by Gasteiger charge is -2.08. The van der Waals surface area contributed by atoms with Gasteiger partial charge in [0.25, 0.3) is 0 Å². The second kappa shape index (κ2) is 7.30. The minimum absolute atomic E-state index is 0.948. The summed E-state index contributed by atoms with van der Waals surface area (Å²) < 4.78 is 6.23. The highest BCUT2D eigenvalue weighted by molar-refractivity contribution is 5.68. The van der Waals surface area contributed by atoms with E-state index in [9.17, 15) is 0 Å². The molecule has 0 amide bonds. The van der Waals surface area contributed by atoms with Crippen molar-refractivity contribution < 1.29 is 4.42 Å². The second-order valence-electron chi connectivity index (χ2n) is 6.10. The van der Waals surface area contributed by atoms with Crippen LogP contribution in [0.2, 0.25) is 0 Å². The number of rotatable bonds is 6. The first-order valence-corrected chi connectivity index (χ1v) is 8.12. The molecular formula is C21H23NO. The standard InChI is InChI=1S/C21H23NO/c1-22(2)15-9-14-19-16-20(17-10-5-3-6-11-17)23-21(19)18-12-7-4-8-13-18/h3-8,10-13,16H,9,14-15H2,1-2H3. The summed E-state index contributed by atoms with van der Waals surface area (Å²) >= 11 is 0. The first-order valence-electron chi connectivity index (χ1n) is 8.12. The van der Waals surface area contributed by atoms with Crippen LogP contribution < -0.4 is 0 Å². The predicted octanol–water partition coefficient (Wildman–Crippen LogP) is 5.11. The molecule has 2 aromatic carbocycles. The summed E-state index contributed by atoms with van der Waals surface area (Å²) in [6.07, 6.45) is 2.15. The van der Waals surface area contributed by atoms with Gasteiger partial charge in [0.2, 0.25) is 0 Å². The van der Waals surface area contributed by atoms with Gasteiger partial charge < -0.3 is 9.32 Å². The molecule has 0 radical (unpaired) electrons. The highest BCUT2D eigenvalue weighted by Crippen LogP contribution is 2.33. The SMILES string of the molecule is CN(C)CCCc1cc(-c2ccccc2)oc1-c1ccccc1. The maximum atomic E-state index is 6.23. The fourth-order valence-electron chi connectivity index (χ4n) is 2.78. The van der Waals surface area contributed by atoms with E-state index in [-0.39, 0.29) is 0 Å². The predicted molar refractivity (Wildman–Crippen MR) is 96.5 cm³/mol. The molecule has 0 aliphatic carbocycles. The first-order chi connectivity index (χ1) is 11.2. The summed E-state index contributed by atoms with van der Waals surface area (Å²) in [4.78, 5) is 2.22. The molecule has 0 fully saturated rings. The molecule has 2 nitrogen and oxygen atoms in total. The third-order valence-electron chi connectivity index (χ3n) is 3.95. The summed E-state index contributed by atoms with van der Waals surface area (Å²) in [5.41, 5.74) is 3.56. The zero-order valence-electron chi connectivity index (χ0n) is 13.8. The summed E-state index contributed by atoms with van der Waals surface area (Å²) in [7, 11) is 4.23. The molecule has 118 valence electrons. The summed E-state index contributed by atoms with van der Waals surface area (Å²) in [6.45, 7) is 1.08. The second-order valence-corrected chi connectivity index (χ2v) is 6.10. The van der Waals surface area contributed by atoms with E-state index in [0.29, 0.717) is 0 Å². The molecule has 0 saturated heterocycles. The number of aryl methyl sites for hydroxylation is 1. The maximum absolute atomic E-state index is 6.23. The van der Waals surface area contributed by atoms with Crippen LogP contribution in [0.5, 0.6) is 0 Å². The lowest BCUT2D eigenvalue weighted by atomic mass is 10.0. The average Bonchev–Trinajstić information content (AvgIpc) is 3.00. The molecule has 0 spiro atoms. The zero-order chi connectivity index (χ0) is 16.1. The number of hydrogen-bond acceptors (Lipinski definition) is 2. The quantitative estimate of drug-likeness (QED) is 0.629. The molecule has 1 aromatic heterocycles. The van der Waals surface area contributed by atoms with Crippen LogP contribution in [0.1, 0.15) is 12.0 Å². The molecule has 0 aliphatic heterocycles. The number of benzene rings is 2. The normalized spacial score (nSPS) is 11.1. The lowest BCUT2D eigenvalue weighted by molar-refractivity contribution is 0.400. The molecule has 1 heterocycles. The number of furan rings is 1. The van der Waals surface area contributed by atoms with Gasteiger partial charge in [-0.2, -0.15) is 0 Å². The molecular weight excluding hydrogens is 282 g/mol. The van der Waals surface area contributed by atoms with E-state index in [1.165, 1.54) is 5.56 Å². The van der Waals surface area contributed by atoms with Gasteiger partial charge in [-0.3, -0.25) is 0 Å². The van der Waals surface area contributed by atoms with E-state index < -0.39 is 0 Å². The van der Waals surface area contributed by atoms with Crippen molar-refractivity contribution in [3.8, 4) is 22.6 Å². The number of nitrogens with zero attached hydrogens (tertiary/aromatic N) is 1. The van der Waals surface area contributed by atoms with Crippen molar-refractivity contribution in [3.05, 3.63) is 72.3 Å².